The van der Waals surface area contributed by atoms with E-state index in [4.69, 9.17) is 23.7 Å². The summed E-state index contributed by atoms with van der Waals surface area (Å²) in [6.45, 7) is 14.7. The number of esters is 4. The number of rotatable bonds is 15. The van der Waals surface area contributed by atoms with Gasteiger partial charge < -0.3 is 28.8 Å². The molecule has 2 aromatic carbocycles. The van der Waals surface area contributed by atoms with Crippen LogP contribution in [0.3, 0.4) is 0 Å². The van der Waals surface area contributed by atoms with Gasteiger partial charge in [0.05, 0.1) is 33.5 Å². The predicted octanol–water partition coefficient (Wildman–Crippen LogP) is 5.56. The van der Waals surface area contributed by atoms with Gasteiger partial charge in [-0.15, -0.1) is 13.2 Å². The lowest BCUT2D eigenvalue weighted by molar-refractivity contribution is -0.148. The van der Waals surface area contributed by atoms with Crippen LogP contribution < -0.4 is 4.74 Å². The van der Waals surface area contributed by atoms with E-state index in [1.54, 1.807) is 71.2 Å². The van der Waals surface area contributed by atoms with Crippen molar-refractivity contribution in [3.8, 4) is 11.5 Å². The molecule has 10 nitrogen and oxygen atoms in total. The van der Waals surface area contributed by atoms with E-state index >= 15 is 0 Å². The lowest BCUT2D eigenvalue weighted by atomic mass is 10.0. The van der Waals surface area contributed by atoms with Crippen molar-refractivity contribution >= 4 is 36.0 Å². The van der Waals surface area contributed by atoms with Crippen LogP contribution in [0.4, 0.5) is 0 Å². The molecule has 2 aromatic rings. The normalized spacial score (nSPS) is 9.71. The van der Waals surface area contributed by atoms with Gasteiger partial charge >= 0.3 is 23.9 Å². The third-order valence-corrected chi connectivity index (χ3v) is 5.74. The molecule has 0 aromatic heterocycles. The SMILES string of the molecule is C=CCc1cc(C=C(C(=O)OCC)C(=O)OCC)ccc1O.C=CCc1cc(C=C(C(=O)OCC)C(=O)OCC)ccc1OC. The Morgan fingerprint density at radius 1 is 0.644 bits per heavy atom. The van der Waals surface area contributed by atoms with Crippen LogP contribution in [-0.2, 0) is 51.0 Å². The van der Waals surface area contributed by atoms with Gasteiger partial charge in [0.1, 0.15) is 22.6 Å². The molecule has 45 heavy (non-hydrogen) atoms. The Hall–Kier alpha value is -5.12. The Balaban J connectivity index is 0.000000450. The Morgan fingerprint density at radius 2 is 1.02 bits per heavy atom. The van der Waals surface area contributed by atoms with E-state index in [0.29, 0.717) is 29.5 Å². The molecular weight excluding hydrogens is 580 g/mol. The Morgan fingerprint density at radius 3 is 1.40 bits per heavy atom. The summed E-state index contributed by atoms with van der Waals surface area (Å²) in [4.78, 5) is 47.7. The van der Waals surface area contributed by atoms with Crippen LogP contribution in [0.5, 0.6) is 11.5 Å². The van der Waals surface area contributed by atoms with Crippen molar-refractivity contribution in [3.63, 3.8) is 0 Å². The van der Waals surface area contributed by atoms with Crippen molar-refractivity contribution in [2.24, 2.45) is 0 Å². The summed E-state index contributed by atoms with van der Waals surface area (Å²) in [5.74, 6) is -2.03. The number of carbonyl (C=O) groups excluding carboxylic acids is 4. The van der Waals surface area contributed by atoms with Crippen molar-refractivity contribution in [2.75, 3.05) is 33.5 Å². The van der Waals surface area contributed by atoms with Gasteiger partial charge in [0, 0.05) is 0 Å². The molecule has 242 valence electrons. The summed E-state index contributed by atoms with van der Waals surface area (Å²) in [6.07, 6.45) is 7.34. The van der Waals surface area contributed by atoms with Crippen molar-refractivity contribution < 1.29 is 48.0 Å². The van der Waals surface area contributed by atoms with Gasteiger partial charge in [-0.2, -0.15) is 0 Å². The molecule has 0 bridgehead atoms. The maximum absolute atomic E-state index is 12.0. The molecule has 0 aliphatic heterocycles. The first kappa shape index (κ1) is 37.9. The molecule has 0 aliphatic rings. The fourth-order valence-corrected chi connectivity index (χ4v) is 3.79. The first-order chi connectivity index (χ1) is 21.6. The van der Waals surface area contributed by atoms with E-state index in [-0.39, 0.29) is 43.3 Å². The molecule has 0 radical (unpaired) electrons. The minimum Gasteiger partial charge on any atom is -0.508 e. The zero-order valence-corrected chi connectivity index (χ0v) is 26.6. The monoisotopic (exact) mass is 622 g/mol. The minimum atomic E-state index is -0.737. The Kier molecular flexibility index (Phi) is 17.5. The molecule has 0 atom stereocenters. The predicted molar refractivity (Wildman–Crippen MR) is 171 cm³/mol. The number of carbonyl (C=O) groups is 4. The van der Waals surface area contributed by atoms with E-state index < -0.39 is 23.9 Å². The van der Waals surface area contributed by atoms with E-state index in [0.717, 1.165) is 11.3 Å². The van der Waals surface area contributed by atoms with Crippen LogP contribution in [0.25, 0.3) is 12.2 Å². The van der Waals surface area contributed by atoms with Crippen LogP contribution in [0.1, 0.15) is 49.9 Å². The van der Waals surface area contributed by atoms with Gasteiger partial charge in [-0.3, -0.25) is 0 Å². The van der Waals surface area contributed by atoms with Crippen LogP contribution in [0.2, 0.25) is 0 Å². The van der Waals surface area contributed by atoms with Gasteiger partial charge in [-0.25, -0.2) is 19.2 Å². The standard InChI is InChI=1S/C18H22O5.C17H20O5/c1-5-8-14-11-13(9-10-16(14)21-4)12-15(17(19)22-6-2)18(20)23-7-3;1-4-7-13-10-12(8-9-15(13)18)11-14(16(19)21-5-2)17(20)22-6-3/h5,9-12H,1,6-8H2,2-4H3;4,8-11,18H,1,5-7H2,2-3H3. The zero-order valence-electron chi connectivity index (χ0n) is 26.6. The fraction of sp³-hybridized carbons (Fsp3) is 0.314. The number of allylic oxidation sites excluding steroid dienone is 2. The quantitative estimate of drug-likeness (QED) is 0.0671. The second kappa shape index (κ2) is 20.7. The average molecular weight is 623 g/mol. The summed E-state index contributed by atoms with van der Waals surface area (Å²) in [6, 6.07) is 10.1. The topological polar surface area (TPSA) is 135 Å². The zero-order chi connectivity index (χ0) is 33.8. The van der Waals surface area contributed by atoms with E-state index in [9.17, 15) is 24.3 Å². The molecule has 0 saturated heterocycles. The minimum absolute atomic E-state index is 0.130. The molecule has 0 amide bonds. The Bertz CT molecular complexity index is 1360. The maximum Gasteiger partial charge on any atom is 0.345 e. The number of phenols is 1. The molecule has 0 saturated carbocycles. The van der Waals surface area contributed by atoms with Gasteiger partial charge in [-0.05, 0) is 99.2 Å². The number of methoxy groups -OCH3 is 1. The molecule has 1 N–H and O–H groups in total. The first-order valence-electron chi connectivity index (χ1n) is 14.4. The van der Waals surface area contributed by atoms with Gasteiger partial charge in [0.2, 0.25) is 0 Å². The lowest BCUT2D eigenvalue weighted by Gasteiger charge is -2.09. The highest BCUT2D eigenvalue weighted by Gasteiger charge is 2.22. The van der Waals surface area contributed by atoms with E-state index in [1.165, 1.54) is 18.2 Å². The Labute approximate surface area is 264 Å². The van der Waals surface area contributed by atoms with Crippen molar-refractivity contribution in [3.05, 3.63) is 95.1 Å². The van der Waals surface area contributed by atoms with Gasteiger partial charge in [-0.1, -0.05) is 24.3 Å². The number of hydrogen-bond acceptors (Lipinski definition) is 10. The molecule has 0 fully saturated rings. The molecule has 0 aliphatic carbocycles. The van der Waals surface area contributed by atoms with Crippen molar-refractivity contribution in [1.82, 2.24) is 0 Å². The summed E-state index contributed by atoms with van der Waals surface area (Å²) in [7, 11) is 1.58. The first-order valence-corrected chi connectivity index (χ1v) is 14.4. The summed E-state index contributed by atoms with van der Waals surface area (Å²) < 4.78 is 24.9. The maximum atomic E-state index is 12.0. The van der Waals surface area contributed by atoms with Crippen LogP contribution in [-0.4, -0.2) is 62.5 Å². The number of phenolic OH excluding ortho intramolecular Hbond substituents is 1. The molecule has 0 spiro atoms. The highest BCUT2D eigenvalue weighted by molar-refractivity contribution is 6.18. The molecule has 0 heterocycles. The van der Waals surface area contributed by atoms with E-state index in [2.05, 4.69) is 13.2 Å². The van der Waals surface area contributed by atoms with Crippen molar-refractivity contribution in [2.45, 2.75) is 40.5 Å². The highest BCUT2D eigenvalue weighted by atomic mass is 16.6. The van der Waals surface area contributed by atoms with E-state index in [1.807, 2.05) is 6.07 Å². The second-order valence-electron chi connectivity index (χ2n) is 8.94. The summed E-state index contributed by atoms with van der Waals surface area (Å²) in [5.41, 5.74) is 2.51. The van der Waals surface area contributed by atoms with Crippen LogP contribution in [0.15, 0.2) is 72.9 Å². The summed E-state index contributed by atoms with van der Waals surface area (Å²) in [5, 5.41) is 9.74. The fourth-order valence-electron chi connectivity index (χ4n) is 3.79. The number of aromatic hydroxyl groups is 1. The smallest absolute Gasteiger partial charge is 0.345 e. The van der Waals surface area contributed by atoms with Gasteiger partial charge in [0.25, 0.3) is 0 Å². The van der Waals surface area contributed by atoms with Crippen LogP contribution >= 0.6 is 0 Å². The lowest BCUT2D eigenvalue weighted by Crippen LogP contribution is -2.18. The average Bonchev–Trinajstić information content (AvgIpc) is 3.01. The van der Waals surface area contributed by atoms with Crippen molar-refractivity contribution in [1.29, 1.82) is 0 Å². The third kappa shape index (κ3) is 12.6. The van der Waals surface area contributed by atoms with Crippen LogP contribution in [0, 0.1) is 0 Å². The summed E-state index contributed by atoms with van der Waals surface area (Å²) >= 11 is 0. The second-order valence-corrected chi connectivity index (χ2v) is 8.94. The molecule has 0 unspecified atom stereocenters. The van der Waals surface area contributed by atoms with Gasteiger partial charge in [0.15, 0.2) is 0 Å². The third-order valence-electron chi connectivity index (χ3n) is 5.74. The number of benzene rings is 2. The molecule has 10 heteroatoms. The highest BCUT2D eigenvalue weighted by Crippen LogP contribution is 2.23. The largest absolute Gasteiger partial charge is 0.508 e. The number of hydrogen-bond donors (Lipinski definition) is 1. The molecule has 2 rings (SSSR count). The number of ether oxygens (including phenoxy) is 5. The molecular formula is C35H42O10.